The maximum absolute atomic E-state index is 13.2. The second-order valence-electron chi connectivity index (χ2n) is 9.43. The number of allylic oxidation sites excluding steroid dienone is 8. The molecule has 0 atom stereocenters. The number of halogens is 4. The van der Waals surface area contributed by atoms with Crippen molar-refractivity contribution in [1.29, 1.82) is 0 Å². The van der Waals surface area contributed by atoms with Crippen molar-refractivity contribution in [3.8, 4) is 11.5 Å². The van der Waals surface area contributed by atoms with E-state index in [0.717, 1.165) is 37.1 Å². The van der Waals surface area contributed by atoms with Crippen molar-refractivity contribution in [2.24, 2.45) is 0 Å². The van der Waals surface area contributed by atoms with E-state index in [9.17, 15) is 34.4 Å². The summed E-state index contributed by atoms with van der Waals surface area (Å²) >= 11 is 0. The Morgan fingerprint density at radius 3 is 1.27 bits per heavy atom. The number of hydrogen-bond acceptors (Lipinski definition) is 10. The van der Waals surface area contributed by atoms with Gasteiger partial charge in [-0.05, 0) is 0 Å². The minimum absolute atomic E-state index is 0. The van der Waals surface area contributed by atoms with Gasteiger partial charge >= 0.3 is 42.3 Å². The zero-order valence-electron chi connectivity index (χ0n) is 25.8. The second kappa shape index (κ2) is 22.0. The van der Waals surface area contributed by atoms with Gasteiger partial charge in [0, 0.05) is 37.8 Å². The Kier molecular flexibility index (Phi) is 19.0. The number of hydrogen-bond donors (Lipinski definition) is 2. The average molecular weight is 765 g/mol. The van der Waals surface area contributed by atoms with Crippen LogP contribution < -0.4 is 18.0 Å². The summed E-state index contributed by atoms with van der Waals surface area (Å²) in [4.78, 5) is 4.23. The van der Waals surface area contributed by atoms with Crippen molar-refractivity contribution in [3.05, 3.63) is 108 Å². The molecule has 0 radical (unpaired) electrons. The predicted octanol–water partition coefficient (Wildman–Crippen LogP) is 3.06. The topological polar surface area (TPSA) is 136 Å². The number of hydrazine groups is 2. The molecule has 2 aromatic carbocycles. The quantitative estimate of drug-likeness (QED) is 0.235. The average Bonchev–Trinajstić information content (AvgIpc) is 3.81. The third kappa shape index (κ3) is 17.5. The van der Waals surface area contributed by atoms with Crippen LogP contribution in [0.3, 0.4) is 0 Å². The van der Waals surface area contributed by atoms with Crippen molar-refractivity contribution < 1.29 is 74.0 Å². The third-order valence-electron chi connectivity index (χ3n) is 5.73. The van der Waals surface area contributed by atoms with E-state index in [2.05, 4.69) is 42.3 Å². The summed E-state index contributed by atoms with van der Waals surface area (Å²) in [5.41, 5.74) is 0. The summed E-state index contributed by atoms with van der Waals surface area (Å²) in [7, 11) is -8.46. The van der Waals surface area contributed by atoms with E-state index < -0.39 is 55.4 Å². The molecular formula is C30H32F4N4O8S2Ti. The number of morpholine rings is 2. The third-order valence-corrected chi connectivity index (χ3v) is 7.49. The Morgan fingerprint density at radius 2 is 1.00 bits per heavy atom. The molecule has 6 rings (SSSR count). The molecule has 2 aliphatic carbocycles. The first-order valence-electron chi connectivity index (χ1n) is 14.2. The van der Waals surface area contributed by atoms with Gasteiger partial charge in [0.05, 0.1) is 49.6 Å². The van der Waals surface area contributed by atoms with Crippen molar-refractivity contribution >= 4 is 20.6 Å². The predicted molar refractivity (Wildman–Crippen MR) is 164 cm³/mol. The van der Waals surface area contributed by atoms with Crippen LogP contribution in [0, 0.1) is 47.6 Å². The van der Waals surface area contributed by atoms with E-state index >= 15 is 0 Å². The molecule has 0 aromatic heterocycles. The fraction of sp³-hybridized carbons (Fsp3) is 0.333. The van der Waals surface area contributed by atoms with E-state index in [1.807, 2.05) is 24.3 Å². The van der Waals surface area contributed by atoms with Gasteiger partial charge in [-0.2, -0.15) is 29.0 Å². The van der Waals surface area contributed by atoms with Gasteiger partial charge < -0.3 is 17.8 Å². The SMILES string of the molecule is O=S(=O)(NN1CCOCC1)Oc1ccc(F)[c-]c1F.O=S(=O)(NN1CCOCC1)Oc1ccc(F)[c-]c1F.[C-]1=CC=CC1.[C-]1=CC=CC1.[Ti+4]. The van der Waals surface area contributed by atoms with Crippen molar-refractivity contribution in [2.45, 2.75) is 12.8 Å². The molecule has 2 heterocycles. The molecule has 4 aliphatic rings. The maximum atomic E-state index is 13.2. The first-order valence-corrected chi connectivity index (χ1v) is 17.0. The molecule has 2 N–H and O–H groups in total. The molecular weight excluding hydrogens is 732 g/mol. The Morgan fingerprint density at radius 1 is 0.633 bits per heavy atom. The number of nitrogens with one attached hydrogen (secondary N) is 2. The molecule has 2 aromatic rings. The van der Waals surface area contributed by atoms with Crippen molar-refractivity contribution in [2.75, 3.05) is 52.6 Å². The van der Waals surface area contributed by atoms with Crippen LogP contribution >= 0.6 is 0 Å². The van der Waals surface area contributed by atoms with Crippen LogP contribution in [-0.4, -0.2) is 79.5 Å². The Balaban J connectivity index is 0.000000260. The van der Waals surface area contributed by atoms with E-state index in [1.165, 1.54) is 10.0 Å². The molecule has 0 saturated carbocycles. The van der Waals surface area contributed by atoms with Crippen molar-refractivity contribution in [1.82, 2.24) is 19.7 Å². The van der Waals surface area contributed by atoms with Crippen LogP contribution in [0.1, 0.15) is 12.8 Å². The van der Waals surface area contributed by atoms with E-state index in [0.29, 0.717) is 52.6 Å². The molecule has 2 saturated heterocycles. The molecule has 0 bridgehead atoms. The van der Waals surface area contributed by atoms with Gasteiger partial charge in [0.2, 0.25) is 0 Å². The standard InChI is InChI=1S/2C10H11F2N2O4S.2C5H5.Ti/c2*11-8-1-2-10(9(12)7-8)18-19(15,16)13-14-3-5-17-6-4-14;2*1-2-4-5-3-1;/h2*1-2,13H,3-6H2;2*1-3H,4H2;/q4*-1;+4. The van der Waals surface area contributed by atoms with Crippen LogP contribution in [0.25, 0.3) is 0 Å². The Hall–Kier alpha value is -2.91. The molecule has 0 spiro atoms. The summed E-state index contributed by atoms with van der Waals surface area (Å²) in [6.45, 7) is 2.90. The van der Waals surface area contributed by atoms with Crippen LogP contribution in [0.15, 0.2) is 60.7 Å². The second-order valence-corrected chi connectivity index (χ2v) is 11.9. The first-order chi connectivity index (χ1) is 22.9. The Labute approximate surface area is 298 Å². The van der Waals surface area contributed by atoms with Gasteiger partial charge in [-0.1, -0.05) is 0 Å². The molecule has 264 valence electrons. The first kappa shape index (κ1) is 42.3. The van der Waals surface area contributed by atoms with Gasteiger partial charge in [0.1, 0.15) is 0 Å². The van der Waals surface area contributed by atoms with Gasteiger partial charge in [0.25, 0.3) is 0 Å². The van der Waals surface area contributed by atoms with Crippen LogP contribution in [-0.2, 0) is 51.8 Å². The molecule has 19 heteroatoms. The van der Waals surface area contributed by atoms with Gasteiger partial charge in [-0.25, -0.2) is 51.9 Å². The zero-order chi connectivity index (χ0) is 34.8. The smallest absolute Gasteiger partial charge is 0.431 e. The van der Waals surface area contributed by atoms with Gasteiger partial charge in [0.15, 0.2) is 0 Å². The van der Waals surface area contributed by atoms with E-state index in [1.54, 1.807) is 12.1 Å². The molecule has 2 fully saturated rings. The van der Waals surface area contributed by atoms with Gasteiger partial charge in [-0.15, -0.1) is 58.9 Å². The molecule has 49 heavy (non-hydrogen) atoms. The van der Waals surface area contributed by atoms with E-state index in [4.69, 9.17) is 9.47 Å². The number of nitrogens with zero attached hydrogens (tertiary/aromatic N) is 2. The molecule has 0 unspecified atom stereocenters. The molecule has 2 aliphatic heterocycles. The zero-order valence-corrected chi connectivity index (χ0v) is 29.0. The monoisotopic (exact) mass is 764 g/mol. The summed E-state index contributed by atoms with van der Waals surface area (Å²) in [6.07, 6.45) is 20.0. The minimum atomic E-state index is -4.23. The van der Waals surface area contributed by atoms with Crippen LogP contribution in [0.4, 0.5) is 17.6 Å². The Bertz CT molecular complexity index is 1510. The van der Waals surface area contributed by atoms with Gasteiger partial charge in [-0.3, -0.25) is 12.2 Å². The van der Waals surface area contributed by atoms with Crippen LogP contribution in [0.5, 0.6) is 11.5 Å². The summed E-state index contributed by atoms with van der Waals surface area (Å²) < 4.78 is 117. The molecule has 12 nitrogen and oxygen atoms in total. The largest absolute Gasteiger partial charge is 4.00 e. The summed E-state index contributed by atoms with van der Waals surface area (Å²) in [5, 5.41) is 2.73. The maximum Gasteiger partial charge on any atom is 4.00 e. The summed E-state index contributed by atoms with van der Waals surface area (Å²) in [5.74, 6) is -5.56. The van der Waals surface area contributed by atoms with Crippen LogP contribution in [0.2, 0.25) is 0 Å². The number of benzene rings is 2. The normalized spacial score (nSPS) is 17.1. The number of rotatable bonds is 8. The van der Waals surface area contributed by atoms with Crippen molar-refractivity contribution in [3.63, 3.8) is 0 Å². The number of ether oxygens (including phenoxy) is 2. The molecule has 0 amide bonds. The minimum Gasteiger partial charge on any atom is -0.431 e. The fourth-order valence-corrected chi connectivity index (χ4v) is 5.37. The summed E-state index contributed by atoms with van der Waals surface area (Å²) in [6, 6.07) is 6.81. The van der Waals surface area contributed by atoms with E-state index in [-0.39, 0.29) is 21.7 Å². The fourth-order valence-electron chi connectivity index (χ4n) is 3.57.